The number of piperidine rings is 1. The molecule has 2 heteroatoms. The number of nitrogens with zero attached hydrogens (tertiary/aromatic N) is 2. The van der Waals surface area contributed by atoms with E-state index in [1.54, 1.807) is 0 Å². The van der Waals surface area contributed by atoms with Gasteiger partial charge in [-0.1, -0.05) is 26.0 Å². The van der Waals surface area contributed by atoms with E-state index in [9.17, 15) is 0 Å². The standard InChI is InChI=1S/C16H26N2/c1-4-17(5-2)15-9-11-18(12-10-15)16-8-6-7-14(3)13-16/h6-8,13,15H,4-5,9-12H2,1-3H3. The monoisotopic (exact) mass is 246 g/mol. The first-order valence-electron chi connectivity index (χ1n) is 7.30. The summed E-state index contributed by atoms with van der Waals surface area (Å²) in [5.74, 6) is 0. The lowest BCUT2D eigenvalue weighted by atomic mass is 10.0. The Hall–Kier alpha value is -1.02. The minimum absolute atomic E-state index is 0.793. The third kappa shape index (κ3) is 3.05. The van der Waals surface area contributed by atoms with Crippen LogP contribution in [-0.4, -0.2) is 37.1 Å². The van der Waals surface area contributed by atoms with Gasteiger partial charge in [-0.2, -0.15) is 0 Å². The first kappa shape index (κ1) is 13.4. The molecule has 0 saturated carbocycles. The Morgan fingerprint density at radius 1 is 1.17 bits per heavy atom. The zero-order valence-electron chi connectivity index (χ0n) is 12.0. The van der Waals surface area contributed by atoms with Crippen LogP contribution in [0, 0.1) is 6.92 Å². The van der Waals surface area contributed by atoms with Gasteiger partial charge in [-0.15, -0.1) is 0 Å². The van der Waals surface area contributed by atoms with Gasteiger partial charge in [0, 0.05) is 24.8 Å². The number of benzene rings is 1. The third-order valence-corrected chi connectivity index (χ3v) is 4.16. The molecule has 0 N–H and O–H groups in total. The fraction of sp³-hybridized carbons (Fsp3) is 0.625. The fourth-order valence-corrected chi connectivity index (χ4v) is 3.05. The predicted molar refractivity (Wildman–Crippen MR) is 79.3 cm³/mol. The van der Waals surface area contributed by atoms with E-state index in [2.05, 4.69) is 54.8 Å². The molecule has 0 spiro atoms. The molecule has 0 bridgehead atoms. The molecule has 0 unspecified atom stereocenters. The molecule has 0 atom stereocenters. The molecule has 1 saturated heterocycles. The van der Waals surface area contributed by atoms with Gasteiger partial charge in [-0.25, -0.2) is 0 Å². The third-order valence-electron chi connectivity index (χ3n) is 4.16. The van der Waals surface area contributed by atoms with Gasteiger partial charge in [0.05, 0.1) is 0 Å². The van der Waals surface area contributed by atoms with Crippen LogP contribution in [0.15, 0.2) is 24.3 Å². The Morgan fingerprint density at radius 2 is 1.83 bits per heavy atom. The SMILES string of the molecule is CCN(CC)C1CCN(c2cccc(C)c2)CC1. The maximum absolute atomic E-state index is 2.60. The summed E-state index contributed by atoms with van der Waals surface area (Å²) in [5.41, 5.74) is 2.76. The molecule has 1 aliphatic rings. The molecular formula is C16H26N2. The lowest BCUT2D eigenvalue weighted by molar-refractivity contribution is 0.186. The molecule has 1 aliphatic heterocycles. The average Bonchev–Trinajstić information content (AvgIpc) is 2.41. The van der Waals surface area contributed by atoms with Crippen molar-refractivity contribution < 1.29 is 0 Å². The van der Waals surface area contributed by atoms with Crippen molar-refractivity contribution in [2.75, 3.05) is 31.1 Å². The fourth-order valence-electron chi connectivity index (χ4n) is 3.05. The number of hydrogen-bond donors (Lipinski definition) is 0. The average molecular weight is 246 g/mol. The van der Waals surface area contributed by atoms with Crippen LogP contribution in [0.2, 0.25) is 0 Å². The van der Waals surface area contributed by atoms with Crippen molar-refractivity contribution in [3.8, 4) is 0 Å². The summed E-state index contributed by atoms with van der Waals surface area (Å²) in [6, 6.07) is 9.68. The molecule has 100 valence electrons. The van der Waals surface area contributed by atoms with Crippen LogP contribution >= 0.6 is 0 Å². The van der Waals surface area contributed by atoms with Gasteiger partial charge >= 0.3 is 0 Å². The topological polar surface area (TPSA) is 6.48 Å². The molecule has 1 aromatic carbocycles. The van der Waals surface area contributed by atoms with E-state index < -0.39 is 0 Å². The number of anilines is 1. The first-order chi connectivity index (χ1) is 8.74. The van der Waals surface area contributed by atoms with Gasteiger partial charge < -0.3 is 9.80 Å². The van der Waals surface area contributed by atoms with E-state index in [0.717, 1.165) is 6.04 Å². The van der Waals surface area contributed by atoms with E-state index in [1.807, 2.05) is 0 Å². The summed E-state index contributed by atoms with van der Waals surface area (Å²) < 4.78 is 0. The highest BCUT2D eigenvalue weighted by molar-refractivity contribution is 5.48. The highest BCUT2D eigenvalue weighted by atomic mass is 15.2. The van der Waals surface area contributed by atoms with Crippen molar-refractivity contribution in [1.82, 2.24) is 4.90 Å². The minimum atomic E-state index is 0.793. The minimum Gasteiger partial charge on any atom is -0.371 e. The van der Waals surface area contributed by atoms with Crippen molar-refractivity contribution in [3.05, 3.63) is 29.8 Å². The molecule has 1 aromatic rings. The zero-order chi connectivity index (χ0) is 13.0. The largest absolute Gasteiger partial charge is 0.371 e. The second kappa shape index (κ2) is 6.24. The molecule has 1 heterocycles. The molecule has 0 amide bonds. The van der Waals surface area contributed by atoms with Crippen LogP contribution in [-0.2, 0) is 0 Å². The highest BCUT2D eigenvalue weighted by Crippen LogP contribution is 2.23. The Morgan fingerprint density at radius 3 is 2.39 bits per heavy atom. The maximum Gasteiger partial charge on any atom is 0.0368 e. The molecular weight excluding hydrogens is 220 g/mol. The quantitative estimate of drug-likeness (QED) is 0.804. The summed E-state index contributed by atoms with van der Waals surface area (Å²) in [6.45, 7) is 11.5. The Kier molecular flexibility index (Phi) is 4.65. The Bertz CT molecular complexity index is 363. The number of hydrogen-bond acceptors (Lipinski definition) is 2. The normalized spacial score (nSPS) is 17.4. The molecule has 2 rings (SSSR count). The van der Waals surface area contributed by atoms with Crippen molar-refractivity contribution in [3.63, 3.8) is 0 Å². The molecule has 2 nitrogen and oxygen atoms in total. The van der Waals surface area contributed by atoms with E-state index in [0.29, 0.717) is 0 Å². The van der Waals surface area contributed by atoms with Gasteiger partial charge in [0.15, 0.2) is 0 Å². The van der Waals surface area contributed by atoms with Gasteiger partial charge in [0.25, 0.3) is 0 Å². The second-order valence-electron chi connectivity index (χ2n) is 5.28. The zero-order valence-corrected chi connectivity index (χ0v) is 12.0. The van der Waals surface area contributed by atoms with Gasteiger partial charge in [-0.3, -0.25) is 0 Å². The van der Waals surface area contributed by atoms with Gasteiger partial charge in [0.1, 0.15) is 0 Å². The molecule has 0 radical (unpaired) electrons. The lowest BCUT2D eigenvalue weighted by Gasteiger charge is -2.38. The van der Waals surface area contributed by atoms with E-state index in [1.165, 1.54) is 50.3 Å². The van der Waals surface area contributed by atoms with Crippen LogP contribution in [0.1, 0.15) is 32.3 Å². The van der Waals surface area contributed by atoms with Crippen molar-refractivity contribution in [2.24, 2.45) is 0 Å². The molecule has 18 heavy (non-hydrogen) atoms. The maximum atomic E-state index is 2.60. The van der Waals surface area contributed by atoms with Crippen LogP contribution in [0.25, 0.3) is 0 Å². The van der Waals surface area contributed by atoms with Crippen LogP contribution in [0.5, 0.6) is 0 Å². The van der Waals surface area contributed by atoms with Crippen LogP contribution < -0.4 is 4.90 Å². The Balaban J connectivity index is 1.94. The molecule has 0 aromatic heterocycles. The highest BCUT2D eigenvalue weighted by Gasteiger charge is 2.22. The smallest absolute Gasteiger partial charge is 0.0368 e. The molecule has 1 fully saturated rings. The van der Waals surface area contributed by atoms with Crippen LogP contribution in [0.4, 0.5) is 5.69 Å². The molecule has 0 aliphatic carbocycles. The predicted octanol–water partition coefficient (Wildman–Crippen LogP) is 3.31. The second-order valence-corrected chi connectivity index (χ2v) is 5.28. The summed E-state index contributed by atoms with van der Waals surface area (Å²) in [5, 5.41) is 0. The van der Waals surface area contributed by atoms with Gasteiger partial charge in [0.2, 0.25) is 0 Å². The summed E-state index contributed by atoms with van der Waals surface area (Å²) >= 11 is 0. The van der Waals surface area contributed by atoms with Crippen LogP contribution in [0.3, 0.4) is 0 Å². The van der Waals surface area contributed by atoms with E-state index in [-0.39, 0.29) is 0 Å². The van der Waals surface area contributed by atoms with Gasteiger partial charge in [-0.05, 0) is 50.6 Å². The van der Waals surface area contributed by atoms with Crippen molar-refractivity contribution in [1.29, 1.82) is 0 Å². The summed E-state index contributed by atoms with van der Waals surface area (Å²) in [6.07, 6.45) is 2.60. The number of aryl methyl sites for hydroxylation is 1. The van der Waals surface area contributed by atoms with E-state index in [4.69, 9.17) is 0 Å². The van der Waals surface area contributed by atoms with E-state index >= 15 is 0 Å². The lowest BCUT2D eigenvalue weighted by Crippen LogP contribution is -2.44. The number of rotatable bonds is 4. The Labute approximate surface area is 112 Å². The van der Waals surface area contributed by atoms with Crippen molar-refractivity contribution in [2.45, 2.75) is 39.7 Å². The van der Waals surface area contributed by atoms with Crippen molar-refractivity contribution >= 4 is 5.69 Å². The summed E-state index contributed by atoms with van der Waals surface area (Å²) in [7, 11) is 0. The first-order valence-corrected chi connectivity index (χ1v) is 7.30. The summed E-state index contributed by atoms with van der Waals surface area (Å²) in [4.78, 5) is 5.14.